The Morgan fingerprint density at radius 2 is 1.76 bits per heavy atom. The Morgan fingerprint density at radius 3 is 2.45 bits per heavy atom. The van der Waals surface area contributed by atoms with Crippen molar-refractivity contribution in [3.8, 4) is 11.3 Å². The summed E-state index contributed by atoms with van der Waals surface area (Å²) in [6, 6.07) is 12.0. The van der Waals surface area contributed by atoms with Gasteiger partial charge < -0.3 is 10.2 Å². The lowest BCUT2D eigenvalue weighted by atomic mass is 10.1. The molecule has 146 valence electrons. The summed E-state index contributed by atoms with van der Waals surface area (Å²) in [5.41, 5.74) is 2.00. The molecule has 0 atom stereocenters. The van der Waals surface area contributed by atoms with Gasteiger partial charge >= 0.3 is 0 Å². The van der Waals surface area contributed by atoms with Gasteiger partial charge in [-0.05, 0) is 35.9 Å². The van der Waals surface area contributed by atoms with Crippen LogP contribution in [0.5, 0.6) is 0 Å². The number of hydrogen-bond acceptors (Lipinski definition) is 6. The van der Waals surface area contributed by atoms with Gasteiger partial charge in [0, 0.05) is 36.0 Å². The van der Waals surface area contributed by atoms with Crippen molar-refractivity contribution < 1.29 is 4.84 Å². The zero-order chi connectivity index (χ0) is 20.4. The highest BCUT2D eigenvalue weighted by Gasteiger charge is 2.18. The average molecular weight is 428 g/mol. The standard InChI is InChI=1S/C20H15Cl2N5O2/c1-29-27-16(28)6-5-13-18(17-14(21)3-2-4-15(17)22)25-20(26-19(13)27)24-11-12-7-9-23-10-8-12/h2-10H,11H2,1H3,(H,24,25,26). The van der Waals surface area contributed by atoms with E-state index >= 15 is 0 Å². The maximum Gasteiger partial charge on any atom is 0.285 e. The van der Waals surface area contributed by atoms with Crippen molar-refractivity contribution in [3.63, 3.8) is 0 Å². The van der Waals surface area contributed by atoms with Gasteiger partial charge in [0.2, 0.25) is 5.95 Å². The number of anilines is 1. The molecule has 0 saturated heterocycles. The van der Waals surface area contributed by atoms with Gasteiger partial charge in [0.25, 0.3) is 5.56 Å². The Kier molecular flexibility index (Phi) is 5.33. The van der Waals surface area contributed by atoms with Crippen LogP contribution in [-0.4, -0.2) is 26.8 Å². The van der Waals surface area contributed by atoms with Crippen molar-refractivity contribution in [2.45, 2.75) is 6.54 Å². The Morgan fingerprint density at radius 1 is 1.03 bits per heavy atom. The molecule has 0 aliphatic carbocycles. The first-order valence-corrected chi connectivity index (χ1v) is 9.39. The van der Waals surface area contributed by atoms with Crippen LogP contribution in [-0.2, 0) is 6.54 Å². The molecule has 0 spiro atoms. The van der Waals surface area contributed by atoms with Gasteiger partial charge in [-0.2, -0.15) is 4.98 Å². The predicted octanol–water partition coefficient (Wildman–Crippen LogP) is 3.83. The predicted molar refractivity (Wildman–Crippen MR) is 113 cm³/mol. The molecule has 0 aliphatic heterocycles. The van der Waals surface area contributed by atoms with Crippen LogP contribution < -0.4 is 15.7 Å². The van der Waals surface area contributed by atoms with Crippen LogP contribution in [0.3, 0.4) is 0 Å². The maximum atomic E-state index is 12.2. The molecule has 3 aromatic heterocycles. The third-order valence-corrected chi connectivity index (χ3v) is 4.92. The molecule has 0 saturated carbocycles. The highest BCUT2D eigenvalue weighted by molar-refractivity contribution is 6.39. The van der Waals surface area contributed by atoms with E-state index in [1.807, 2.05) is 12.1 Å². The number of hydrogen-bond donors (Lipinski definition) is 1. The molecular weight excluding hydrogens is 413 g/mol. The third-order valence-electron chi connectivity index (χ3n) is 4.29. The van der Waals surface area contributed by atoms with E-state index in [1.54, 1.807) is 36.7 Å². The number of pyridine rings is 2. The molecule has 1 aromatic carbocycles. The lowest BCUT2D eigenvalue weighted by Gasteiger charge is -2.14. The van der Waals surface area contributed by atoms with Crippen molar-refractivity contribution in [2.75, 3.05) is 12.4 Å². The van der Waals surface area contributed by atoms with Crippen molar-refractivity contribution in [2.24, 2.45) is 0 Å². The Labute approximate surface area is 175 Å². The fraction of sp³-hybridized carbons (Fsp3) is 0.100. The Hall–Kier alpha value is -3.16. The molecule has 1 N–H and O–H groups in total. The smallest absolute Gasteiger partial charge is 0.285 e. The number of nitrogens with zero attached hydrogens (tertiary/aromatic N) is 4. The molecule has 0 fully saturated rings. The zero-order valence-corrected chi connectivity index (χ0v) is 16.8. The lowest BCUT2D eigenvalue weighted by Crippen LogP contribution is -2.25. The van der Waals surface area contributed by atoms with Gasteiger partial charge in [0.15, 0.2) is 5.65 Å². The molecule has 3 heterocycles. The number of aromatic nitrogens is 4. The van der Waals surface area contributed by atoms with Crippen molar-refractivity contribution in [1.82, 2.24) is 19.7 Å². The summed E-state index contributed by atoms with van der Waals surface area (Å²) in [6.45, 7) is 0.466. The molecule has 0 amide bonds. The number of halogens is 2. The normalized spacial score (nSPS) is 10.9. The highest BCUT2D eigenvalue weighted by atomic mass is 35.5. The first-order valence-electron chi connectivity index (χ1n) is 8.64. The minimum Gasteiger partial charge on any atom is -0.412 e. The second-order valence-electron chi connectivity index (χ2n) is 6.09. The summed E-state index contributed by atoms with van der Waals surface area (Å²) >= 11 is 12.8. The van der Waals surface area contributed by atoms with Crippen LogP contribution in [0.15, 0.2) is 59.7 Å². The Bertz CT molecular complexity index is 1220. The summed E-state index contributed by atoms with van der Waals surface area (Å²) < 4.78 is 1.10. The van der Waals surface area contributed by atoms with Gasteiger partial charge in [-0.15, -0.1) is 4.73 Å². The summed E-state index contributed by atoms with van der Waals surface area (Å²) in [4.78, 5) is 30.6. The summed E-state index contributed by atoms with van der Waals surface area (Å²) in [7, 11) is 1.40. The monoisotopic (exact) mass is 427 g/mol. The topological polar surface area (TPSA) is 81.9 Å². The van der Waals surface area contributed by atoms with Crippen LogP contribution in [0.2, 0.25) is 10.0 Å². The largest absolute Gasteiger partial charge is 0.412 e. The third kappa shape index (κ3) is 3.74. The fourth-order valence-corrected chi connectivity index (χ4v) is 3.52. The van der Waals surface area contributed by atoms with Gasteiger partial charge in [0.05, 0.1) is 15.7 Å². The second kappa shape index (κ2) is 8.06. The molecule has 0 radical (unpaired) electrons. The SMILES string of the molecule is COn1c(=O)ccc2c(-c3c(Cl)cccc3Cl)nc(NCc3ccncc3)nc21. The zero-order valence-electron chi connectivity index (χ0n) is 15.3. The minimum atomic E-state index is -0.352. The van der Waals surface area contributed by atoms with E-state index in [0.717, 1.165) is 10.3 Å². The summed E-state index contributed by atoms with van der Waals surface area (Å²) in [5, 5.41) is 4.62. The van der Waals surface area contributed by atoms with Crippen LogP contribution in [0.25, 0.3) is 22.3 Å². The minimum absolute atomic E-state index is 0.302. The Balaban J connectivity index is 1.92. The van der Waals surface area contributed by atoms with E-state index < -0.39 is 0 Å². The molecule has 4 aromatic rings. The van der Waals surface area contributed by atoms with Gasteiger partial charge in [-0.25, -0.2) is 4.98 Å². The molecule has 0 bridgehead atoms. The second-order valence-corrected chi connectivity index (χ2v) is 6.90. The summed E-state index contributed by atoms with van der Waals surface area (Å²) in [5.74, 6) is 0.302. The molecule has 9 heteroatoms. The molecule has 29 heavy (non-hydrogen) atoms. The van der Waals surface area contributed by atoms with E-state index in [1.165, 1.54) is 13.2 Å². The maximum absolute atomic E-state index is 12.2. The fourth-order valence-electron chi connectivity index (χ4n) is 2.94. The quantitative estimate of drug-likeness (QED) is 0.521. The molecule has 4 rings (SSSR count). The van der Waals surface area contributed by atoms with Crippen molar-refractivity contribution in [3.05, 3.63) is 80.8 Å². The van der Waals surface area contributed by atoms with E-state index in [9.17, 15) is 4.79 Å². The van der Waals surface area contributed by atoms with Crippen molar-refractivity contribution in [1.29, 1.82) is 0 Å². The van der Waals surface area contributed by atoms with Gasteiger partial charge in [-0.1, -0.05) is 29.3 Å². The molecule has 0 unspecified atom stereocenters. The number of nitrogens with one attached hydrogen (secondary N) is 1. The van der Waals surface area contributed by atoms with E-state index in [0.29, 0.717) is 44.8 Å². The van der Waals surface area contributed by atoms with Crippen LogP contribution >= 0.6 is 23.2 Å². The highest BCUT2D eigenvalue weighted by Crippen LogP contribution is 2.37. The summed E-state index contributed by atoms with van der Waals surface area (Å²) in [6.07, 6.45) is 3.41. The van der Waals surface area contributed by atoms with Crippen LogP contribution in [0.1, 0.15) is 5.56 Å². The lowest BCUT2D eigenvalue weighted by molar-refractivity contribution is 0.167. The van der Waals surface area contributed by atoms with Gasteiger partial charge in [-0.3, -0.25) is 9.78 Å². The van der Waals surface area contributed by atoms with E-state index in [2.05, 4.69) is 20.3 Å². The van der Waals surface area contributed by atoms with Crippen molar-refractivity contribution >= 4 is 40.2 Å². The molecular formula is C20H15Cl2N5O2. The number of fused-ring (bicyclic) bond motifs is 1. The van der Waals surface area contributed by atoms with Gasteiger partial charge in [0.1, 0.15) is 7.11 Å². The van der Waals surface area contributed by atoms with E-state index in [-0.39, 0.29) is 5.56 Å². The van der Waals surface area contributed by atoms with Crippen LogP contribution in [0.4, 0.5) is 5.95 Å². The van der Waals surface area contributed by atoms with Crippen LogP contribution in [0, 0.1) is 0 Å². The first-order chi connectivity index (χ1) is 14.1. The number of benzene rings is 1. The van der Waals surface area contributed by atoms with E-state index in [4.69, 9.17) is 28.0 Å². The number of rotatable bonds is 5. The molecule has 7 nitrogen and oxygen atoms in total. The average Bonchev–Trinajstić information content (AvgIpc) is 2.72. The first kappa shape index (κ1) is 19.2. The molecule has 0 aliphatic rings.